The number of nitrogens with zero attached hydrogens (tertiary/aromatic N) is 2. The molecule has 0 aliphatic carbocycles. The first-order chi connectivity index (χ1) is 13.7. The lowest BCUT2D eigenvalue weighted by molar-refractivity contribution is -0.133. The Morgan fingerprint density at radius 1 is 1.07 bits per heavy atom. The molecule has 0 saturated heterocycles. The van der Waals surface area contributed by atoms with Crippen molar-refractivity contribution in [3.8, 4) is 5.75 Å². The molecule has 0 unspecified atom stereocenters. The second-order valence-electron chi connectivity index (χ2n) is 6.38. The van der Waals surface area contributed by atoms with Crippen molar-refractivity contribution in [2.45, 2.75) is 13.1 Å². The molecule has 0 aliphatic rings. The van der Waals surface area contributed by atoms with Gasteiger partial charge in [0.05, 0.1) is 6.54 Å². The molecule has 28 heavy (non-hydrogen) atoms. The molecule has 3 aromatic rings. The van der Waals surface area contributed by atoms with Gasteiger partial charge < -0.3 is 14.2 Å². The zero-order chi connectivity index (χ0) is 19.8. The number of hydrogen-bond acceptors (Lipinski definition) is 2. The van der Waals surface area contributed by atoms with Gasteiger partial charge in [-0.25, -0.2) is 0 Å². The van der Waals surface area contributed by atoms with Crippen molar-refractivity contribution < 1.29 is 9.53 Å². The summed E-state index contributed by atoms with van der Waals surface area (Å²) in [6, 6.07) is 21.1. The molecule has 1 amide bonds. The van der Waals surface area contributed by atoms with Gasteiger partial charge in [0.25, 0.3) is 5.91 Å². The Kier molecular flexibility index (Phi) is 6.93. The second-order valence-corrected chi connectivity index (χ2v) is 6.79. The molecule has 2 aromatic carbocycles. The molecule has 0 N–H and O–H groups in total. The SMILES string of the molecule is C=CCN(Cc1cccn1Cc1ccccc1Cl)C(=O)COc1ccccc1. The average Bonchev–Trinajstić information content (AvgIpc) is 3.15. The van der Waals surface area contributed by atoms with Gasteiger partial charge in [-0.1, -0.05) is 54.1 Å². The summed E-state index contributed by atoms with van der Waals surface area (Å²) in [6.07, 6.45) is 3.72. The van der Waals surface area contributed by atoms with E-state index >= 15 is 0 Å². The normalized spacial score (nSPS) is 10.5. The number of carbonyl (C=O) groups excluding carboxylic acids is 1. The summed E-state index contributed by atoms with van der Waals surface area (Å²) in [7, 11) is 0. The molecule has 0 atom stereocenters. The predicted octanol–water partition coefficient (Wildman–Crippen LogP) is 4.78. The first kappa shape index (κ1) is 19.8. The number of ether oxygens (including phenoxy) is 1. The highest BCUT2D eigenvalue weighted by molar-refractivity contribution is 6.31. The van der Waals surface area contributed by atoms with E-state index in [1.54, 1.807) is 11.0 Å². The van der Waals surface area contributed by atoms with E-state index in [2.05, 4.69) is 11.1 Å². The number of carbonyl (C=O) groups is 1. The van der Waals surface area contributed by atoms with Crippen molar-refractivity contribution in [3.63, 3.8) is 0 Å². The van der Waals surface area contributed by atoms with E-state index in [4.69, 9.17) is 16.3 Å². The molecule has 144 valence electrons. The number of rotatable bonds is 9. The highest BCUT2D eigenvalue weighted by atomic mass is 35.5. The van der Waals surface area contributed by atoms with Crippen molar-refractivity contribution in [1.29, 1.82) is 0 Å². The number of halogens is 1. The van der Waals surface area contributed by atoms with Crippen molar-refractivity contribution in [2.75, 3.05) is 13.2 Å². The Bertz CT molecular complexity index is 921. The predicted molar refractivity (Wildman–Crippen MR) is 113 cm³/mol. The third kappa shape index (κ3) is 5.27. The third-order valence-electron chi connectivity index (χ3n) is 4.38. The maximum Gasteiger partial charge on any atom is 0.261 e. The second kappa shape index (κ2) is 9.81. The summed E-state index contributed by atoms with van der Waals surface area (Å²) in [4.78, 5) is 14.4. The molecule has 4 nitrogen and oxygen atoms in total. The summed E-state index contributed by atoms with van der Waals surface area (Å²) >= 11 is 6.29. The minimum atomic E-state index is -0.0887. The van der Waals surface area contributed by atoms with Gasteiger partial charge in [-0.05, 0) is 35.9 Å². The molecular formula is C23H23ClN2O2. The molecule has 0 radical (unpaired) electrons. The van der Waals surface area contributed by atoms with Crippen molar-refractivity contribution in [3.05, 3.63) is 102 Å². The minimum Gasteiger partial charge on any atom is -0.484 e. The first-order valence-electron chi connectivity index (χ1n) is 9.11. The Morgan fingerprint density at radius 2 is 1.82 bits per heavy atom. The van der Waals surface area contributed by atoms with Gasteiger partial charge in [0.15, 0.2) is 6.61 Å². The zero-order valence-corrected chi connectivity index (χ0v) is 16.4. The Labute approximate surface area is 170 Å². The van der Waals surface area contributed by atoms with Crippen LogP contribution in [0.4, 0.5) is 0 Å². The Balaban J connectivity index is 1.67. The average molecular weight is 395 g/mol. The molecule has 0 saturated carbocycles. The Morgan fingerprint density at radius 3 is 2.57 bits per heavy atom. The lowest BCUT2D eigenvalue weighted by Crippen LogP contribution is -2.35. The first-order valence-corrected chi connectivity index (χ1v) is 9.49. The molecule has 3 rings (SSSR count). The van der Waals surface area contributed by atoms with E-state index in [1.165, 1.54) is 0 Å². The van der Waals surface area contributed by atoms with Crippen molar-refractivity contribution in [2.24, 2.45) is 0 Å². The number of para-hydroxylation sites is 1. The van der Waals surface area contributed by atoms with Gasteiger partial charge in [-0.15, -0.1) is 6.58 Å². The van der Waals surface area contributed by atoms with Gasteiger partial charge in [-0.2, -0.15) is 0 Å². The van der Waals surface area contributed by atoms with Crippen LogP contribution in [-0.4, -0.2) is 28.5 Å². The van der Waals surface area contributed by atoms with E-state index < -0.39 is 0 Å². The van der Waals surface area contributed by atoms with E-state index in [9.17, 15) is 4.79 Å². The van der Waals surface area contributed by atoms with Crippen molar-refractivity contribution >= 4 is 17.5 Å². The molecule has 1 heterocycles. The van der Waals surface area contributed by atoms with Crippen LogP contribution >= 0.6 is 11.6 Å². The molecule has 0 fully saturated rings. The maximum atomic E-state index is 12.7. The van der Waals surface area contributed by atoms with Gasteiger partial charge in [0, 0.05) is 30.0 Å². The van der Waals surface area contributed by atoms with Crippen molar-refractivity contribution in [1.82, 2.24) is 9.47 Å². The minimum absolute atomic E-state index is 0.0108. The van der Waals surface area contributed by atoms with Crippen LogP contribution in [0.25, 0.3) is 0 Å². The van der Waals surface area contributed by atoms with Gasteiger partial charge in [-0.3, -0.25) is 4.79 Å². The van der Waals surface area contributed by atoms with E-state index in [-0.39, 0.29) is 12.5 Å². The fourth-order valence-corrected chi connectivity index (χ4v) is 3.11. The lowest BCUT2D eigenvalue weighted by atomic mass is 10.2. The third-order valence-corrected chi connectivity index (χ3v) is 4.75. The highest BCUT2D eigenvalue weighted by Crippen LogP contribution is 2.18. The van der Waals surface area contributed by atoms with Gasteiger partial charge in [0.1, 0.15) is 5.75 Å². The van der Waals surface area contributed by atoms with Crippen LogP contribution < -0.4 is 4.74 Å². The van der Waals surface area contributed by atoms with Crippen LogP contribution in [0, 0.1) is 0 Å². The largest absolute Gasteiger partial charge is 0.484 e. The molecular weight excluding hydrogens is 372 g/mol. The van der Waals surface area contributed by atoms with Crippen LogP contribution in [0.1, 0.15) is 11.3 Å². The number of hydrogen-bond donors (Lipinski definition) is 0. The summed E-state index contributed by atoms with van der Waals surface area (Å²) in [6.45, 7) is 5.34. The number of benzene rings is 2. The van der Waals surface area contributed by atoms with Gasteiger partial charge in [0.2, 0.25) is 0 Å². The molecule has 1 aromatic heterocycles. The van der Waals surface area contributed by atoms with Gasteiger partial charge >= 0.3 is 0 Å². The summed E-state index contributed by atoms with van der Waals surface area (Å²) in [5.41, 5.74) is 2.06. The highest BCUT2D eigenvalue weighted by Gasteiger charge is 2.16. The zero-order valence-electron chi connectivity index (χ0n) is 15.6. The molecule has 0 bridgehead atoms. The van der Waals surface area contributed by atoms with Crippen LogP contribution in [0.15, 0.2) is 85.6 Å². The van der Waals surface area contributed by atoms with E-state index in [0.29, 0.717) is 25.4 Å². The molecule has 5 heteroatoms. The summed E-state index contributed by atoms with van der Waals surface area (Å²) in [5.74, 6) is 0.589. The van der Waals surface area contributed by atoms with Crippen LogP contribution in [-0.2, 0) is 17.9 Å². The topological polar surface area (TPSA) is 34.5 Å². The van der Waals surface area contributed by atoms with E-state index in [0.717, 1.165) is 16.3 Å². The summed E-state index contributed by atoms with van der Waals surface area (Å²) < 4.78 is 7.71. The fraction of sp³-hybridized carbons (Fsp3) is 0.174. The quantitative estimate of drug-likeness (QED) is 0.489. The maximum absolute atomic E-state index is 12.7. The van der Waals surface area contributed by atoms with Crippen LogP contribution in [0.3, 0.4) is 0 Å². The molecule has 0 spiro atoms. The standard InChI is InChI=1S/C23H23ClN2O2/c1-2-14-26(23(27)18-28-21-11-4-3-5-12-21)17-20-10-8-15-25(20)16-19-9-6-7-13-22(19)24/h2-13,15H,1,14,16-18H2. The fourth-order valence-electron chi connectivity index (χ4n) is 2.92. The number of amides is 1. The Hall–Kier alpha value is -2.98. The van der Waals surface area contributed by atoms with Crippen LogP contribution in [0.2, 0.25) is 5.02 Å². The lowest BCUT2D eigenvalue weighted by Gasteiger charge is -2.22. The monoisotopic (exact) mass is 394 g/mol. The van der Waals surface area contributed by atoms with Crippen LogP contribution in [0.5, 0.6) is 5.75 Å². The van der Waals surface area contributed by atoms with E-state index in [1.807, 2.05) is 72.9 Å². The molecule has 0 aliphatic heterocycles. The number of aromatic nitrogens is 1. The summed E-state index contributed by atoms with van der Waals surface area (Å²) in [5, 5.41) is 0.734. The smallest absolute Gasteiger partial charge is 0.261 e.